The number of rotatable bonds is 11. The normalized spacial score (nSPS) is 12.5. The Morgan fingerprint density at radius 3 is 2.25 bits per heavy atom. The van der Waals surface area contributed by atoms with E-state index in [-0.39, 0.29) is 17.9 Å². The third-order valence-electron chi connectivity index (χ3n) is 4.45. The molecule has 6 heteroatoms. The summed E-state index contributed by atoms with van der Waals surface area (Å²) >= 11 is 0. The number of sulfonamides is 1. The van der Waals surface area contributed by atoms with Crippen molar-refractivity contribution < 1.29 is 17.9 Å². The van der Waals surface area contributed by atoms with Crippen LogP contribution in [0.2, 0.25) is 0 Å². The van der Waals surface area contributed by atoms with E-state index in [2.05, 4.69) is 11.6 Å². The summed E-state index contributed by atoms with van der Waals surface area (Å²) in [5.74, 6) is -0.578. The maximum atomic E-state index is 12.8. The summed E-state index contributed by atoms with van der Waals surface area (Å²) in [6.07, 6.45) is 4.55. The molecule has 0 aliphatic heterocycles. The summed E-state index contributed by atoms with van der Waals surface area (Å²) in [4.78, 5) is 12.5. The highest BCUT2D eigenvalue weighted by Crippen LogP contribution is 2.15. The molecule has 0 heterocycles. The van der Waals surface area contributed by atoms with Crippen LogP contribution in [0.15, 0.2) is 59.5 Å². The van der Waals surface area contributed by atoms with Crippen molar-refractivity contribution in [3.8, 4) is 0 Å². The number of hydrogen-bond acceptors (Lipinski definition) is 4. The Kier molecular flexibility index (Phi) is 8.67. The molecule has 0 aliphatic carbocycles. The van der Waals surface area contributed by atoms with Crippen molar-refractivity contribution in [3.05, 3.63) is 65.7 Å². The zero-order chi connectivity index (χ0) is 20.4. The van der Waals surface area contributed by atoms with Crippen molar-refractivity contribution in [1.29, 1.82) is 0 Å². The number of carbonyl (C=O) groups is 1. The third kappa shape index (κ3) is 6.77. The summed E-state index contributed by atoms with van der Waals surface area (Å²) in [7, 11) is -3.84. The topological polar surface area (TPSA) is 72.5 Å². The van der Waals surface area contributed by atoms with Gasteiger partial charge in [0, 0.05) is 0 Å². The van der Waals surface area contributed by atoms with Crippen LogP contribution in [-0.2, 0) is 32.4 Å². The first-order valence-corrected chi connectivity index (χ1v) is 11.3. The molecule has 0 radical (unpaired) electrons. The molecule has 0 saturated heterocycles. The van der Waals surface area contributed by atoms with E-state index in [1.165, 1.54) is 0 Å². The van der Waals surface area contributed by atoms with Gasteiger partial charge in [-0.2, -0.15) is 4.72 Å². The van der Waals surface area contributed by atoms with Gasteiger partial charge in [-0.25, -0.2) is 8.42 Å². The Labute approximate surface area is 168 Å². The Hall–Kier alpha value is -2.18. The Bertz CT molecular complexity index is 833. The predicted molar refractivity (Wildman–Crippen MR) is 111 cm³/mol. The number of nitrogens with one attached hydrogen (secondary N) is 1. The van der Waals surface area contributed by atoms with Crippen molar-refractivity contribution in [1.82, 2.24) is 4.72 Å². The second-order valence-corrected chi connectivity index (χ2v) is 8.43. The van der Waals surface area contributed by atoms with Gasteiger partial charge in [0.1, 0.15) is 6.04 Å². The van der Waals surface area contributed by atoms with Crippen molar-refractivity contribution in [2.75, 3.05) is 6.61 Å². The molecule has 0 amide bonds. The maximum absolute atomic E-state index is 12.8. The van der Waals surface area contributed by atoms with Crippen LogP contribution in [0.4, 0.5) is 0 Å². The van der Waals surface area contributed by atoms with Gasteiger partial charge in [-0.3, -0.25) is 4.79 Å². The van der Waals surface area contributed by atoms with Gasteiger partial charge in [0.2, 0.25) is 10.0 Å². The highest BCUT2D eigenvalue weighted by atomic mass is 32.2. The second-order valence-electron chi connectivity index (χ2n) is 6.72. The molecule has 152 valence electrons. The van der Waals surface area contributed by atoms with Crippen LogP contribution in [-0.4, -0.2) is 27.0 Å². The maximum Gasteiger partial charge on any atom is 0.324 e. The lowest BCUT2D eigenvalue weighted by Crippen LogP contribution is -2.43. The molecule has 0 spiro atoms. The fourth-order valence-electron chi connectivity index (χ4n) is 2.94. The minimum atomic E-state index is -3.84. The van der Waals surface area contributed by atoms with Crippen LogP contribution >= 0.6 is 0 Å². The zero-order valence-corrected chi connectivity index (χ0v) is 17.4. The molecule has 1 N–H and O–H groups in total. The van der Waals surface area contributed by atoms with E-state index in [1.807, 2.05) is 42.5 Å². The molecular weight excluding hydrogens is 374 g/mol. The standard InChI is InChI=1S/C22H29NO4S/c1-3-5-7-10-18-13-15-20(16-14-18)28(25,26)23-21(22(24)27-4-2)17-19-11-8-6-9-12-19/h6,8-9,11-16,21,23H,3-5,7,10,17H2,1-2H3. The first-order chi connectivity index (χ1) is 13.5. The molecule has 2 rings (SSSR count). The first-order valence-electron chi connectivity index (χ1n) is 9.78. The highest BCUT2D eigenvalue weighted by Gasteiger charge is 2.27. The summed E-state index contributed by atoms with van der Waals surface area (Å²) in [5.41, 5.74) is 1.97. The van der Waals surface area contributed by atoms with E-state index in [0.29, 0.717) is 0 Å². The van der Waals surface area contributed by atoms with E-state index >= 15 is 0 Å². The molecule has 0 fully saturated rings. The molecule has 0 bridgehead atoms. The van der Waals surface area contributed by atoms with Crippen LogP contribution in [0.3, 0.4) is 0 Å². The predicted octanol–water partition coefficient (Wildman–Crippen LogP) is 3.87. The molecular formula is C22H29NO4S. The van der Waals surface area contributed by atoms with Crippen molar-refractivity contribution in [2.24, 2.45) is 0 Å². The lowest BCUT2D eigenvalue weighted by molar-refractivity contribution is -0.145. The molecule has 2 aromatic rings. The average molecular weight is 404 g/mol. The van der Waals surface area contributed by atoms with Crippen LogP contribution in [0.5, 0.6) is 0 Å². The van der Waals surface area contributed by atoms with Gasteiger partial charge in [-0.1, -0.05) is 62.2 Å². The zero-order valence-electron chi connectivity index (χ0n) is 16.6. The van der Waals surface area contributed by atoms with Gasteiger partial charge in [0.15, 0.2) is 0 Å². The molecule has 1 unspecified atom stereocenters. The molecule has 5 nitrogen and oxygen atoms in total. The molecule has 0 aromatic heterocycles. The number of hydrogen-bond donors (Lipinski definition) is 1. The van der Waals surface area contributed by atoms with Crippen LogP contribution < -0.4 is 4.72 Å². The minimum absolute atomic E-state index is 0.147. The fourth-order valence-corrected chi connectivity index (χ4v) is 4.12. The van der Waals surface area contributed by atoms with Gasteiger partial charge < -0.3 is 4.74 Å². The molecule has 0 saturated carbocycles. The monoisotopic (exact) mass is 403 g/mol. The van der Waals surface area contributed by atoms with Gasteiger partial charge in [0.25, 0.3) is 0 Å². The van der Waals surface area contributed by atoms with E-state index < -0.39 is 22.0 Å². The largest absolute Gasteiger partial charge is 0.465 e. The quantitative estimate of drug-likeness (QED) is 0.457. The van der Waals surface area contributed by atoms with Crippen LogP contribution in [0.25, 0.3) is 0 Å². The van der Waals surface area contributed by atoms with Gasteiger partial charge in [-0.05, 0) is 49.4 Å². The van der Waals surface area contributed by atoms with E-state index in [4.69, 9.17) is 4.74 Å². The SMILES string of the molecule is CCCCCc1ccc(S(=O)(=O)NC(Cc2ccccc2)C(=O)OCC)cc1. The number of ether oxygens (including phenoxy) is 1. The summed E-state index contributed by atoms with van der Waals surface area (Å²) < 4.78 is 33.2. The number of aryl methyl sites for hydroxylation is 1. The first kappa shape index (κ1) is 22.1. The van der Waals surface area contributed by atoms with Crippen LogP contribution in [0.1, 0.15) is 44.2 Å². The highest BCUT2D eigenvalue weighted by molar-refractivity contribution is 7.89. The van der Waals surface area contributed by atoms with Crippen molar-refractivity contribution in [2.45, 2.75) is 56.9 Å². The Morgan fingerprint density at radius 1 is 0.964 bits per heavy atom. The van der Waals surface area contributed by atoms with E-state index in [9.17, 15) is 13.2 Å². The molecule has 2 aromatic carbocycles. The number of esters is 1. The van der Waals surface area contributed by atoms with E-state index in [1.54, 1.807) is 19.1 Å². The fraction of sp³-hybridized carbons (Fsp3) is 0.409. The number of unbranched alkanes of at least 4 members (excludes halogenated alkanes) is 2. The summed E-state index contributed by atoms with van der Waals surface area (Å²) in [6.45, 7) is 4.04. The van der Waals surface area contributed by atoms with E-state index in [0.717, 1.165) is 36.8 Å². The number of benzene rings is 2. The molecule has 0 aliphatic rings. The summed E-state index contributed by atoms with van der Waals surface area (Å²) in [5, 5.41) is 0. The van der Waals surface area contributed by atoms with Crippen LogP contribution in [0, 0.1) is 0 Å². The van der Waals surface area contributed by atoms with Crippen molar-refractivity contribution >= 4 is 16.0 Å². The molecule has 28 heavy (non-hydrogen) atoms. The Balaban J connectivity index is 2.13. The lowest BCUT2D eigenvalue weighted by Gasteiger charge is -2.18. The van der Waals surface area contributed by atoms with Crippen molar-refractivity contribution in [3.63, 3.8) is 0 Å². The lowest BCUT2D eigenvalue weighted by atomic mass is 10.1. The van der Waals surface area contributed by atoms with Gasteiger partial charge in [-0.15, -0.1) is 0 Å². The smallest absolute Gasteiger partial charge is 0.324 e. The average Bonchev–Trinajstić information content (AvgIpc) is 2.69. The Morgan fingerprint density at radius 2 is 1.64 bits per heavy atom. The van der Waals surface area contributed by atoms with Gasteiger partial charge in [0.05, 0.1) is 11.5 Å². The molecule has 1 atom stereocenters. The second kappa shape index (κ2) is 11.0. The summed E-state index contributed by atoms with van der Waals surface area (Å²) in [6, 6.07) is 15.2. The third-order valence-corrected chi connectivity index (χ3v) is 5.94. The van der Waals surface area contributed by atoms with Gasteiger partial charge >= 0.3 is 5.97 Å². The minimum Gasteiger partial charge on any atom is -0.465 e. The number of carbonyl (C=O) groups excluding carboxylic acids is 1.